The summed E-state index contributed by atoms with van der Waals surface area (Å²) in [6.07, 6.45) is 4.22. The van der Waals surface area contributed by atoms with Crippen LogP contribution in [-0.4, -0.2) is 17.7 Å². The number of ether oxygens (including phenoxy) is 2. The molecule has 0 spiro atoms. The number of amides is 1. The lowest BCUT2D eigenvalue weighted by molar-refractivity contribution is -0.119. The van der Waals surface area contributed by atoms with Gasteiger partial charge in [-0.1, -0.05) is 27.4 Å². The van der Waals surface area contributed by atoms with Crippen molar-refractivity contribution in [1.29, 1.82) is 0 Å². The second-order valence-corrected chi connectivity index (χ2v) is 9.30. The summed E-state index contributed by atoms with van der Waals surface area (Å²) in [7, 11) is 0. The Morgan fingerprint density at radius 3 is 2.72 bits per heavy atom. The predicted molar refractivity (Wildman–Crippen MR) is 113 cm³/mol. The van der Waals surface area contributed by atoms with Crippen LogP contribution in [0.1, 0.15) is 45.7 Å². The first-order valence-corrected chi connectivity index (χ1v) is 10.1. The third kappa shape index (κ3) is 2.96. The van der Waals surface area contributed by atoms with Gasteiger partial charge in [0.1, 0.15) is 5.76 Å². The number of anilines is 1. The van der Waals surface area contributed by atoms with E-state index in [0.717, 1.165) is 52.1 Å². The molecule has 1 aromatic carbocycles. The van der Waals surface area contributed by atoms with Crippen LogP contribution < -0.4 is 5.32 Å². The highest BCUT2D eigenvalue weighted by Crippen LogP contribution is 2.57. The number of hydrogen-bond donors (Lipinski definition) is 2. The van der Waals surface area contributed by atoms with Crippen molar-refractivity contribution in [2.24, 2.45) is 5.41 Å². The third-order valence-electron chi connectivity index (χ3n) is 6.14. The van der Waals surface area contributed by atoms with Crippen LogP contribution in [0.4, 0.5) is 5.69 Å². The van der Waals surface area contributed by atoms with Crippen LogP contribution in [-0.2, 0) is 19.7 Å². The number of allylic oxidation sites excluding steroid dienone is 2. The fourth-order valence-corrected chi connectivity index (χ4v) is 4.18. The summed E-state index contributed by atoms with van der Waals surface area (Å²) in [5.41, 5.74) is 4.54. The Balaban J connectivity index is 1.41. The average molecular weight is 390 g/mol. The number of carbonyl (C=O) groups is 1. The largest absolute Gasteiger partial charge is 0.458 e. The smallest absolute Gasteiger partial charge is 0.235 e. The number of carbonyl (C=O) groups excluding carboxylic acids is 1. The maximum atomic E-state index is 13.2. The van der Waals surface area contributed by atoms with E-state index < -0.39 is 5.41 Å². The van der Waals surface area contributed by atoms with Crippen molar-refractivity contribution in [1.82, 2.24) is 4.98 Å². The Bertz CT molecular complexity index is 1110. The summed E-state index contributed by atoms with van der Waals surface area (Å²) in [6, 6.07) is 8.18. The first-order chi connectivity index (χ1) is 13.8. The molecule has 5 heteroatoms. The number of H-pyrrole nitrogens is 1. The summed E-state index contributed by atoms with van der Waals surface area (Å²) < 4.78 is 11.0. The van der Waals surface area contributed by atoms with Crippen molar-refractivity contribution in [3.63, 3.8) is 0 Å². The van der Waals surface area contributed by atoms with Gasteiger partial charge in [0.05, 0.1) is 5.41 Å². The minimum Gasteiger partial charge on any atom is -0.458 e. The Labute approximate surface area is 170 Å². The molecule has 2 aliphatic carbocycles. The van der Waals surface area contributed by atoms with Gasteiger partial charge in [0, 0.05) is 34.1 Å². The molecule has 0 bridgehead atoms. The molecular formula is C24H26N2O3. The van der Waals surface area contributed by atoms with E-state index >= 15 is 0 Å². The lowest BCUT2D eigenvalue weighted by Gasteiger charge is -2.23. The molecule has 1 fully saturated rings. The minimum atomic E-state index is -0.509. The van der Waals surface area contributed by atoms with Crippen molar-refractivity contribution in [2.75, 3.05) is 12.1 Å². The molecule has 150 valence electrons. The van der Waals surface area contributed by atoms with E-state index in [2.05, 4.69) is 43.7 Å². The van der Waals surface area contributed by atoms with Crippen LogP contribution in [0.15, 0.2) is 59.6 Å². The maximum Gasteiger partial charge on any atom is 0.235 e. The van der Waals surface area contributed by atoms with Gasteiger partial charge < -0.3 is 19.8 Å². The molecule has 5 rings (SSSR count). The molecule has 1 aliphatic heterocycles. The van der Waals surface area contributed by atoms with Gasteiger partial charge in [0.2, 0.25) is 12.7 Å². The lowest BCUT2D eigenvalue weighted by atomic mass is 9.84. The Kier molecular flexibility index (Phi) is 3.76. The number of hydrogen-bond acceptors (Lipinski definition) is 3. The van der Waals surface area contributed by atoms with Gasteiger partial charge in [0.15, 0.2) is 5.76 Å². The molecule has 3 aliphatic rings. The van der Waals surface area contributed by atoms with E-state index in [-0.39, 0.29) is 18.1 Å². The minimum absolute atomic E-state index is 0.0267. The standard InChI is InChI=1S/C24H26N2O3/c1-14-9-19-20(29-13-28-19)12-17(14)24(7-8-24)22(27)25-16-5-6-18-15(10-16)11-21(26-18)23(2,3)4/h5-6,10-12,26H,1,7-9,13H2,2-4H3,(H,25,27). The van der Waals surface area contributed by atoms with Gasteiger partial charge in [-0.15, -0.1) is 0 Å². The molecule has 29 heavy (non-hydrogen) atoms. The molecule has 1 amide bonds. The summed E-state index contributed by atoms with van der Waals surface area (Å²) in [5, 5.41) is 4.24. The Morgan fingerprint density at radius 1 is 1.21 bits per heavy atom. The van der Waals surface area contributed by atoms with Gasteiger partial charge in [-0.2, -0.15) is 0 Å². The average Bonchev–Trinajstić information content (AvgIpc) is 3.14. The van der Waals surface area contributed by atoms with Crippen LogP contribution in [0.25, 0.3) is 10.9 Å². The van der Waals surface area contributed by atoms with E-state index in [0.29, 0.717) is 6.42 Å². The van der Waals surface area contributed by atoms with Crippen molar-refractivity contribution < 1.29 is 14.3 Å². The molecule has 0 unspecified atom stereocenters. The molecule has 1 saturated carbocycles. The fraction of sp³-hybridized carbons (Fsp3) is 0.375. The van der Waals surface area contributed by atoms with Crippen molar-refractivity contribution >= 4 is 22.5 Å². The molecule has 5 nitrogen and oxygen atoms in total. The second kappa shape index (κ2) is 6.02. The molecule has 1 aromatic heterocycles. The normalized spacial score (nSPS) is 20.1. The number of rotatable bonds is 3. The van der Waals surface area contributed by atoms with Crippen LogP contribution in [0.5, 0.6) is 0 Å². The third-order valence-corrected chi connectivity index (χ3v) is 6.14. The quantitative estimate of drug-likeness (QED) is 0.749. The van der Waals surface area contributed by atoms with Crippen LogP contribution in [0.3, 0.4) is 0 Å². The molecule has 2 N–H and O–H groups in total. The van der Waals surface area contributed by atoms with Crippen molar-refractivity contribution in [3.8, 4) is 0 Å². The predicted octanol–water partition coefficient (Wildman–Crippen LogP) is 5.29. The zero-order chi connectivity index (χ0) is 20.4. The van der Waals surface area contributed by atoms with Crippen molar-refractivity contribution in [2.45, 2.75) is 45.4 Å². The summed E-state index contributed by atoms with van der Waals surface area (Å²) >= 11 is 0. The zero-order valence-corrected chi connectivity index (χ0v) is 17.1. The summed E-state index contributed by atoms with van der Waals surface area (Å²) in [4.78, 5) is 16.7. The van der Waals surface area contributed by atoms with Crippen LogP contribution in [0, 0.1) is 5.41 Å². The van der Waals surface area contributed by atoms with Crippen LogP contribution >= 0.6 is 0 Å². The molecular weight excluding hydrogens is 364 g/mol. The highest BCUT2D eigenvalue weighted by atomic mass is 16.7. The highest BCUT2D eigenvalue weighted by Gasteiger charge is 2.54. The molecule has 0 radical (unpaired) electrons. The van der Waals surface area contributed by atoms with E-state index in [9.17, 15) is 4.79 Å². The monoisotopic (exact) mass is 390 g/mol. The molecule has 2 aromatic rings. The van der Waals surface area contributed by atoms with Crippen molar-refractivity contribution in [3.05, 3.63) is 65.3 Å². The number of benzene rings is 1. The topological polar surface area (TPSA) is 63.4 Å². The Morgan fingerprint density at radius 2 is 2.00 bits per heavy atom. The fourth-order valence-electron chi connectivity index (χ4n) is 4.18. The van der Waals surface area contributed by atoms with Gasteiger partial charge in [-0.05, 0) is 54.3 Å². The number of nitrogens with one attached hydrogen (secondary N) is 2. The zero-order valence-electron chi connectivity index (χ0n) is 17.1. The highest BCUT2D eigenvalue weighted by molar-refractivity contribution is 6.01. The molecule has 0 atom stereocenters. The summed E-state index contributed by atoms with van der Waals surface area (Å²) in [5.74, 6) is 1.59. The Hall–Kier alpha value is -2.95. The molecule has 0 saturated heterocycles. The number of aromatic nitrogens is 1. The van der Waals surface area contributed by atoms with Gasteiger partial charge in [-0.3, -0.25) is 4.79 Å². The SMILES string of the molecule is C=C1CC2=C(C=C1C1(C(=O)Nc3ccc4[nH]c(C(C)(C)C)cc4c3)CC1)OCO2. The van der Waals surface area contributed by atoms with Gasteiger partial charge >= 0.3 is 0 Å². The van der Waals surface area contributed by atoms with Gasteiger partial charge in [0.25, 0.3) is 0 Å². The number of aromatic amines is 1. The lowest BCUT2D eigenvalue weighted by Crippen LogP contribution is -2.27. The second-order valence-electron chi connectivity index (χ2n) is 9.30. The molecule has 2 heterocycles. The van der Waals surface area contributed by atoms with E-state index in [1.807, 2.05) is 24.3 Å². The first kappa shape index (κ1) is 18.1. The summed E-state index contributed by atoms with van der Waals surface area (Å²) in [6.45, 7) is 11.0. The van der Waals surface area contributed by atoms with Gasteiger partial charge in [-0.25, -0.2) is 0 Å². The van der Waals surface area contributed by atoms with E-state index in [1.165, 1.54) is 5.69 Å². The maximum absolute atomic E-state index is 13.2. The van der Waals surface area contributed by atoms with E-state index in [4.69, 9.17) is 9.47 Å². The van der Waals surface area contributed by atoms with E-state index in [1.54, 1.807) is 0 Å². The first-order valence-electron chi connectivity index (χ1n) is 10.1. The number of fused-ring (bicyclic) bond motifs is 1. The van der Waals surface area contributed by atoms with Crippen LogP contribution in [0.2, 0.25) is 0 Å².